The minimum atomic E-state index is -0.934. The molecule has 4 nitrogen and oxygen atoms in total. The van der Waals surface area contributed by atoms with Crippen molar-refractivity contribution >= 4 is 35.2 Å². The number of nitrogens with zero attached hydrogens (tertiary/aromatic N) is 1. The zero-order valence-electron chi connectivity index (χ0n) is 8.44. The van der Waals surface area contributed by atoms with Crippen LogP contribution in [0.25, 0.3) is 0 Å². The van der Waals surface area contributed by atoms with Crippen LogP contribution in [0.15, 0.2) is 0 Å². The van der Waals surface area contributed by atoms with Gasteiger partial charge in [-0.15, -0.1) is 23.4 Å². The molecule has 2 saturated heterocycles. The first kappa shape index (κ1) is 11.1. The first-order chi connectivity index (χ1) is 6.90. The predicted molar refractivity (Wildman–Crippen MR) is 57.9 cm³/mol. The van der Waals surface area contributed by atoms with Gasteiger partial charge in [-0.3, -0.25) is 4.79 Å². The van der Waals surface area contributed by atoms with Gasteiger partial charge in [0, 0.05) is 10.6 Å². The average molecular weight is 250 g/mol. The summed E-state index contributed by atoms with van der Waals surface area (Å²) in [5, 5.41) is 9.06. The molecule has 2 fully saturated rings. The Balaban J connectivity index is 2.28. The van der Waals surface area contributed by atoms with E-state index in [1.54, 1.807) is 0 Å². The second-order valence-electron chi connectivity index (χ2n) is 4.36. The van der Waals surface area contributed by atoms with Crippen LogP contribution in [0.4, 0.5) is 0 Å². The number of carbonyl (C=O) groups is 2. The molecule has 6 heteroatoms. The predicted octanol–water partition coefficient (Wildman–Crippen LogP) is 0.988. The van der Waals surface area contributed by atoms with Crippen LogP contribution in [0.3, 0.4) is 0 Å². The Kier molecular flexibility index (Phi) is 2.43. The lowest BCUT2D eigenvalue weighted by atomic mass is 9.93. The molecule has 0 aromatic heterocycles. The maximum Gasteiger partial charge on any atom is 0.327 e. The number of alkyl halides is 1. The summed E-state index contributed by atoms with van der Waals surface area (Å²) < 4.78 is -0.438. The summed E-state index contributed by atoms with van der Waals surface area (Å²) in [7, 11) is 0. The van der Waals surface area contributed by atoms with Gasteiger partial charge < -0.3 is 10.0 Å². The molecule has 1 N–H and O–H groups in total. The smallest absolute Gasteiger partial charge is 0.327 e. The lowest BCUT2D eigenvalue weighted by molar-refractivity contribution is -0.162. The Labute approximate surface area is 97.0 Å². The molecule has 0 radical (unpaired) electrons. The molecule has 15 heavy (non-hydrogen) atoms. The molecule has 0 bridgehead atoms. The van der Waals surface area contributed by atoms with E-state index in [4.69, 9.17) is 16.7 Å². The van der Waals surface area contributed by atoms with Crippen LogP contribution in [0.2, 0.25) is 0 Å². The summed E-state index contributed by atoms with van der Waals surface area (Å²) in [6, 6.07) is -0.723. The fourth-order valence-corrected chi connectivity index (χ4v) is 4.32. The number of hydrogen-bond donors (Lipinski definition) is 1. The van der Waals surface area contributed by atoms with E-state index in [-0.39, 0.29) is 23.1 Å². The summed E-state index contributed by atoms with van der Waals surface area (Å²) >= 11 is 7.21. The van der Waals surface area contributed by atoms with E-state index in [1.165, 1.54) is 16.7 Å². The third-order valence-corrected chi connectivity index (χ3v) is 4.91. The number of fused-ring (bicyclic) bond motifs is 1. The molecule has 0 saturated carbocycles. The monoisotopic (exact) mass is 249 g/mol. The number of rotatable bonds is 2. The molecule has 2 rings (SSSR count). The molecule has 0 aliphatic carbocycles. The lowest BCUT2D eigenvalue weighted by Crippen LogP contribution is -2.63. The van der Waals surface area contributed by atoms with Crippen molar-refractivity contribution in [3.05, 3.63) is 0 Å². The number of aliphatic carboxylic acids is 1. The van der Waals surface area contributed by atoms with Gasteiger partial charge in [0.05, 0.1) is 11.3 Å². The van der Waals surface area contributed by atoms with Crippen LogP contribution >= 0.6 is 23.4 Å². The Morgan fingerprint density at radius 2 is 2.27 bits per heavy atom. The first-order valence-electron chi connectivity index (χ1n) is 4.69. The van der Waals surface area contributed by atoms with Gasteiger partial charge in [-0.1, -0.05) is 0 Å². The number of carboxylic acid groups (broad SMARTS) is 1. The maximum absolute atomic E-state index is 11.6. The van der Waals surface area contributed by atoms with Gasteiger partial charge in [-0.25, -0.2) is 4.79 Å². The summed E-state index contributed by atoms with van der Waals surface area (Å²) in [6.07, 6.45) is 0. The van der Waals surface area contributed by atoms with Crippen LogP contribution in [-0.2, 0) is 9.59 Å². The number of carbonyl (C=O) groups excluding carboxylic acids is 1. The number of hydrogen-bond acceptors (Lipinski definition) is 3. The molecule has 3 atom stereocenters. The average Bonchev–Trinajstić information content (AvgIpc) is 2.35. The Morgan fingerprint density at radius 1 is 1.67 bits per heavy atom. The van der Waals surface area contributed by atoms with Crippen LogP contribution < -0.4 is 0 Å². The van der Waals surface area contributed by atoms with E-state index in [2.05, 4.69) is 0 Å². The molecule has 0 unspecified atom stereocenters. The summed E-state index contributed by atoms with van der Waals surface area (Å²) in [5.74, 6) is -0.993. The van der Waals surface area contributed by atoms with E-state index in [1.807, 2.05) is 13.8 Å². The van der Waals surface area contributed by atoms with E-state index in [9.17, 15) is 9.59 Å². The second kappa shape index (κ2) is 3.28. The third kappa shape index (κ3) is 1.36. The van der Waals surface area contributed by atoms with Gasteiger partial charge in [0.1, 0.15) is 6.04 Å². The van der Waals surface area contributed by atoms with Gasteiger partial charge in [-0.05, 0) is 13.8 Å². The fourth-order valence-electron chi connectivity index (χ4n) is 2.23. The first-order valence-corrected chi connectivity index (χ1v) is 6.10. The number of halogens is 1. The van der Waals surface area contributed by atoms with Crippen molar-refractivity contribution in [1.82, 2.24) is 4.90 Å². The molecule has 2 aliphatic heterocycles. The molecule has 84 valence electrons. The van der Waals surface area contributed by atoms with E-state index in [0.29, 0.717) is 0 Å². The number of β-lactam (4-membered cyclic amide) rings is 1. The fraction of sp³-hybridized carbons (Fsp3) is 0.778. The van der Waals surface area contributed by atoms with Crippen LogP contribution in [0.1, 0.15) is 13.8 Å². The van der Waals surface area contributed by atoms with Gasteiger partial charge in [0.15, 0.2) is 0 Å². The van der Waals surface area contributed by atoms with Crippen molar-refractivity contribution in [3.63, 3.8) is 0 Å². The van der Waals surface area contributed by atoms with Crippen LogP contribution in [0.5, 0.6) is 0 Å². The highest BCUT2D eigenvalue weighted by atomic mass is 35.5. The van der Waals surface area contributed by atoms with Crippen molar-refractivity contribution in [3.8, 4) is 0 Å². The highest BCUT2D eigenvalue weighted by Crippen LogP contribution is 2.53. The Hall–Kier alpha value is -0.420. The Bertz CT molecular complexity index is 333. The summed E-state index contributed by atoms with van der Waals surface area (Å²) in [5.41, 5.74) is 0. The van der Waals surface area contributed by atoms with Gasteiger partial charge in [0.2, 0.25) is 5.91 Å². The molecule has 2 aliphatic rings. The van der Waals surface area contributed by atoms with Gasteiger partial charge in [-0.2, -0.15) is 0 Å². The van der Waals surface area contributed by atoms with E-state index in [0.717, 1.165) is 0 Å². The van der Waals surface area contributed by atoms with Crippen molar-refractivity contribution in [2.45, 2.75) is 30.0 Å². The normalized spacial score (nSPS) is 37.4. The van der Waals surface area contributed by atoms with Crippen molar-refractivity contribution < 1.29 is 14.7 Å². The number of thioether (sulfide) groups is 1. The zero-order chi connectivity index (χ0) is 11.4. The molecule has 0 spiro atoms. The van der Waals surface area contributed by atoms with Crippen LogP contribution in [-0.4, -0.2) is 43.9 Å². The van der Waals surface area contributed by atoms with E-state index >= 15 is 0 Å². The standard InChI is InChI=1S/C9H12ClNO3S/c1-9(2)5(8(13)14)11-6(12)4(3-10)7(11)15-9/h4-5,7H,3H2,1-2H3,(H,13,14)/t4-,5+,7-/m1/s1. The quantitative estimate of drug-likeness (QED) is 0.586. The summed E-state index contributed by atoms with van der Waals surface area (Å²) in [4.78, 5) is 24.2. The SMILES string of the molecule is CC1(C)S[C@@H]2[C@H](CCl)C(=O)N2[C@H]1C(=O)O. The highest BCUT2D eigenvalue weighted by molar-refractivity contribution is 8.01. The lowest BCUT2D eigenvalue weighted by Gasteiger charge is -2.42. The zero-order valence-corrected chi connectivity index (χ0v) is 10.0. The minimum Gasteiger partial charge on any atom is -0.480 e. The molecule has 1 amide bonds. The molecule has 0 aromatic carbocycles. The molecular formula is C9H12ClNO3S. The number of carboxylic acids is 1. The highest BCUT2D eigenvalue weighted by Gasteiger charge is 2.63. The molecular weight excluding hydrogens is 238 g/mol. The van der Waals surface area contributed by atoms with Gasteiger partial charge in [0.25, 0.3) is 0 Å². The van der Waals surface area contributed by atoms with Crippen molar-refractivity contribution in [2.24, 2.45) is 5.92 Å². The molecule has 2 heterocycles. The van der Waals surface area contributed by atoms with Crippen LogP contribution in [0, 0.1) is 5.92 Å². The van der Waals surface area contributed by atoms with Gasteiger partial charge >= 0.3 is 5.97 Å². The molecule has 0 aromatic rings. The topological polar surface area (TPSA) is 57.6 Å². The number of amides is 1. The van der Waals surface area contributed by atoms with E-state index < -0.39 is 16.8 Å². The maximum atomic E-state index is 11.6. The van der Waals surface area contributed by atoms with Crippen molar-refractivity contribution in [2.75, 3.05) is 5.88 Å². The largest absolute Gasteiger partial charge is 0.480 e. The van der Waals surface area contributed by atoms with Crippen molar-refractivity contribution in [1.29, 1.82) is 0 Å². The Morgan fingerprint density at radius 3 is 2.73 bits per heavy atom. The second-order valence-corrected chi connectivity index (χ2v) is 6.44. The minimum absolute atomic E-state index is 0.0499. The summed E-state index contributed by atoms with van der Waals surface area (Å²) in [6.45, 7) is 3.71. The third-order valence-electron chi connectivity index (χ3n) is 2.95.